The molecule has 0 saturated carbocycles. The first-order valence-corrected chi connectivity index (χ1v) is 6.27. The molecular weight excluding hydrogens is 212 g/mol. The van der Waals surface area contributed by atoms with Crippen molar-refractivity contribution in [3.8, 4) is 5.75 Å². The lowest BCUT2D eigenvalue weighted by atomic mass is 10.1. The summed E-state index contributed by atoms with van der Waals surface area (Å²) >= 11 is 0. The molecular formula is C14H22N2O. The number of rotatable bonds is 5. The van der Waals surface area contributed by atoms with E-state index in [0.717, 1.165) is 31.8 Å². The Kier molecular flexibility index (Phi) is 4.02. The highest BCUT2D eigenvalue weighted by Gasteiger charge is 2.21. The van der Waals surface area contributed by atoms with Crippen LogP contribution in [0.2, 0.25) is 0 Å². The summed E-state index contributed by atoms with van der Waals surface area (Å²) in [5.41, 5.74) is 2.66. The number of hydrogen-bond donors (Lipinski definition) is 1. The van der Waals surface area contributed by atoms with Crippen LogP contribution >= 0.6 is 0 Å². The third-order valence-corrected chi connectivity index (χ3v) is 3.07. The molecule has 1 atom stereocenters. The molecule has 0 aromatic heterocycles. The van der Waals surface area contributed by atoms with Gasteiger partial charge in [0.1, 0.15) is 11.9 Å². The van der Waals surface area contributed by atoms with Crippen molar-refractivity contribution >= 4 is 0 Å². The van der Waals surface area contributed by atoms with Crippen LogP contribution in [-0.4, -0.2) is 44.7 Å². The smallest absolute Gasteiger partial charge is 0.123 e. The van der Waals surface area contributed by atoms with Gasteiger partial charge in [0, 0.05) is 26.1 Å². The van der Waals surface area contributed by atoms with E-state index < -0.39 is 0 Å². The second-order valence-electron chi connectivity index (χ2n) is 5.06. The van der Waals surface area contributed by atoms with Gasteiger partial charge < -0.3 is 15.0 Å². The quantitative estimate of drug-likeness (QED) is 0.780. The van der Waals surface area contributed by atoms with Crippen LogP contribution in [0.5, 0.6) is 5.75 Å². The van der Waals surface area contributed by atoms with Crippen LogP contribution in [0.4, 0.5) is 0 Å². The predicted molar refractivity (Wildman–Crippen MR) is 70.7 cm³/mol. The number of ether oxygens (including phenoxy) is 1. The minimum Gasteiger partial charge on any atom is -0.488 e. The van der Waals surface area contributed by atoms with Crippen LogP contribution in [0.25, 0.3) is 0 Å². The predicted octanol–water partition coefficient (Wildman–Crippen LogP) is 1.45. The Bertz CT molecular complexity index is 376. The third-order valence-electron chi connectivity index (χ3n) is 3.07. The topological polar surface area (TPSA) is 24.5 Å². The molecule has 1 aromatic carbocycles. The van der Waals surface area contributed by atoms with Crippen molar-refractivity contribution in [3.63, 3.8) is 0 Å². The molecule has 0 bridgehead atoms. The fourth-order valence-electron chi connectivity index (χ4n) is 2.13. The summed E-state index contributed by atoms with van der Waals surface area (Å²) < 4.78 is 5.89. The monoisotopic (exact) mass is 234 g/mol. The average Bonchev–Trinajstić information content (AvgIpc) is 2.66. The fourth-order valence-corrected chi connectivity index (χ4v) is 2.13. The SMILES string of the molecule is Cc1ccc2c(c1)CC(CNCCN(C)C)O2. The molecule has 0 aliphatic carbocycles. The maximum Gasteiger partial charge on any atom is 0.123 e. The Labute approximate surface area is 104 Å². The summed E-state index contributed by atoms with van der Waals surface area (Å²) in [6.45, 7) is 5.14. The van der Waals surface area contributed by atoms with Gasteiger partial charge in [0.15, 0.2) is 0 Å². The zero-order valence-electron chi connectivity index (χ0n) is 11.0. The Morgan fingerprint density at radius 3 is 3.00 bits per heavy atom. The number of nitrogens with one attached hydrogen (secondary N) is 1. The van der Waals surface area contributed by atoms with Crippen LogP contribution in [0.3, 0.4) is 0 Å². The summed E-state index contributed by atoms with van der Waals surface area (Å²) in [4.78, 5) is 2.18. The van der Waals surface area contributed by atoms with Crippen molar-refractivity contribution in [2.45, 2.75) is 19.4 Å². The lowest BCUT2D eigenvalue weighted by Crippen LogP contribution is -2.34. The molecule has 0 spiro atoms. The summed E-state index contributed by atoms with van der Waals surface area (Å²) in [6, 6.07) is 6.43. The van der Waals surface area contributed by atoms with Crippen LogP contribution in [0.1, 0.15) is 11.1 Å². The van der Waals surface area contributed by atoms with Gasteiger partial charge >= 0.3 is 0 Å². The molecule has 0 saturated heterocycles. The van der Waals surface area contributed by atoms with E-state index in [4.69, 9.17) is 4.74 Å². The van der Waals surface area contributed by atoms with Gasteiger partial charge in [0.25, 0.3) is 0 Å². The first-order chi connectivity index (χ1) is 8.15. The second-order valence-corrected chi connectivity index (χ2v) is 5.06. The molecule has 94 valence electrons. The molecule has 1 aliphatic rings. The third kappa shape index (κ3) is 3.45. The van der Waals surface area contributed by atoms with Crippen molar-refractivity contribution < 1.29 is 4.74 Å². The van der Waals surface area contributed by atoms with E-state index in [1.165, 1.54) is 11.1 Å². The Morgan fingerprint density at radius 2 is 2.24 bits per heavy atom. The second kappa shape index (κ2) is 5.52. The molecule has 17 heavy (non-hydrogen) atoms. The molecule has 1 unspecified atom stereocenters. The molecule has 0 amide bonds. The van der Waals surface area contributed by atoms with Gasteiger partial charge in [-0.05, 0) is 32.6 Å². The molecule has 2 rings (SSSR count). The number of fused-ring (bicyclic) bond motifs is 1. The van der Waals surface area contributed by atoms with E-state index in [-0.39, 0.29) is 0 Å². The molecule has 0 radical (unpaired) electrons. The van der Waals surface area contributed by atoms with Crippen molar-refractivity contribution in [1.29, 1.82) is 0 Å². The lowest BCUT2D eigenvalue weighted by molar-refractivity contribution is 0.225. The number of nitrogens with zero attached hydrogens (tertiary/aromatic N) is 1. The van der Waals surface area contributed by atoms with Crippen LogP contribution in [0, 0.1) is 6.92 Å². The zero-order valence-corrected chi connectivity index (χ0v) is 11.0. The summed E-state index contributed by atoms with van der Waals surface area (Å²) in [6.07, 6.45) is 1.33. The van der Waals surface area contributed by atoms with Crippen LogP contribution in [0.15, 0.2) is 18.2 Å². The van der Waals surface area contributed by atoms with Gasteiger partial charge in [-0.15, -0.1) is 0 Å². The zero-order chi connectivity index (χ0) is 12.3. The highest BCUT2D eigenvalue weighted by Crippen LogP contribution is 2.29. The number of likely N-dealkylation sites (N-methyl/N-ethyl adjacent to an activating group) is 1. The van der Waals surface area contributed by atoms with Crippen LogP contribution < -0.4 is 10.1 Å². The van der Waals surface area contributed by atoms with E-state index in [1.54, 1.807) is 0 Å². The van der Waals surface area contributed by atoms with Crippen molar-refractivity contribution in [3.05, 3.63) is 29.3 Å². The minimum atomic E-state index is 0.300. The maximum absolute atomic E-state index is 5.89. The van der Waals surface area contributed by atoms with E-state index >= 15 is 0 Å². The van der Waals surface area contributed by atoms with E-state index in [2.05, 4.69) is 49.4 Å². The molecule has 1 aliphatic heterocycles. The van der Waals surface area contributed by atoms with Gasteiger partial charge in [-0.2, -0.15) is 0 Å². The van der Waals surface area contributed by atoms with Gasteiger partial charge in [-0.25, -0.2) is 0 Å². The minimum absolute atomic E-state index is 0.300. The maximum atomic E-state index is 5.89. The Morgan fingerprint density at radius 1 is 1.41 bits per heavy atom. The molecule has 0 fully saturated rings. The number of benzene rings is 1. The Hall–Kier alpha value is -1.06. The summed E-state index contributed by atoms with van der Waals surface area (Å²) in [5.74, 6) is 1.06. The lowest BCUT2D eigenvalue weighted by Gasteiger charge is -2.14. The van der Waals surface area contributed by atoms with Gasteiger partial charge in [0.2, 0.25) is 0 Å². The van der Waals surface area contributed by atoms with Crippen molar-refractivity contribution in [1.82, 2.24) is 10.2 Å². The fraction of sp³-hybridized carbons (Fsp3) is 0.571. The van der Waals surface area contributed by atoms with Gasteiger partial charge in [0.05, 0.1) is 0 Å². The number of aryl methyl sites for hydroxylation is 1. The average molecular weight is 234 g/mol. The standard InChI is InChI=1S/C14H22N2O/c1-11-4-5-14-12(8-11)9-13(17-14)10-15-6-7-16(2)3/h4-5,8,13,15H,6-7,9-10H2,1-3H3. The number of hydrogen-bond acceptors (Lipinski definition) is 3. The highest BCUT2D eigenvalue weighted by atomic mass is 16.5. The van der Waals surface area contributed by atoms with E-state index in [9.17, 15) is 0 Å². The highest BCUT2D eigenvalue weighted by molar-refractivity contribution is 5.40. The van der Waals surface area contributed by atoms with Gasteiger partial charge in [-0.1, -0.05) is 17.7 Å². The summed E-state index contributed by atoms with van der Waals surface area (Å²) in [5, 5.41) is 3.44. The molecule has 1 N–H and O–H groups in total. The molecule has 3 nitrogen and oxygen atoms in total. The Balaban J connectivity index is 1.76. The normalized spacial score (nSPS) is 18.2. The largest absolute Gasteiger partial charge is 0.488 e. The van der Waals surface area contributed by atoms with Gasteiger partial charge in [-0.3, -0.25) is 0 Å². The van der Waals surface area contributed by atoms with Crippen LogP contribution in [-0.2, 0) is 6.42 Å². The van der Waals surface area contributed by atoms with E-state index in [0.29, 0.717) is 6.10 Å². The first-order valence-electron chi connectivity index (χ1n) is 6.27. The van der Waals surface area contributed by atoms with Crippen molar-refractivity contribution in [2.24, 2.45) is 0 Å². The molecule has 1 heterocycles. The first kappa shape index (κ1) is 12.4. The van der Waals surface area contributed by atoms with E-state index in [1.807, 2.05) is 0 Å². The molecule has 3 heteroatoms. The summed E-state index contributed by atoms with van der Waals surface area (Å²) in [7, 11) is 4.18. The van der Waals surface area contributed by atoms with Crippen molar-refractivity contribution in [2.75, 3.05) is 33.7 Å². The molecule has 1 aromatic rings.